The fraction of sp³-hybridized carbons (Fsp3) is 0.625. The van der Waals surface area contributed by atoms with Crippen LogP contribution in [0.1, 0.15) is 31.9 Å². The van der Waals surface area contributed by atoms with E-state index in [1.165, 1.54) is 13.3 Å². The van der Waals surface area contributed by atoms with E-state index >= 15 is 0 Å². The maximum absolute atomic E-state index is 12.2. The second kappa shape index (κ2) is 3.72. The van der Waals surface area contributed by atoms with E-state index < -0.39 is 6.55 Å². The van der Waals surface area contributed by atoms with Crippen LogP contribution in [0.5, 0.6) is 5.88 Å². The number of ether oxygens (including phenoxy) is 1. The zero-order chi connectivity index (χ0) is 10.0. The predicted octanol–water partition coefficient (Wildman–Crippen LogP) is 2.41. The summed E-state index contributed by atoms with van der Waals surface area (Å²) in [5.41, 5.74) is 0.697. The lowest BCUT2D eigenvalue weighted by Crippen LogP contribution is -1.98. The third-order valence-corrected chi connectivity index (χ3v) is 1.74. The first kappa shape index (κ1) is 9.95. The SMILES string of the molecule is COc1nn(C(F)F)cc1C(C)C. The average molecular weight is 190 g/mol. The Balaban J connectivity index is 3.04. The molecule has 1 aromatic rings. The summed E-state index contributed by atoms with van der Waals surface area (Å²) in [5.74, 6) is 0.401. The maximum Gasteiger partial charge on any atom is 0.333 e. The van der Waals surface area contributed by atoms with Gasteiger partial charge in [-0.05, 0) is 5.92 Å². The lowest BCUT2D eigenvalue weighted by molar-refractivity contribution is 0.0553. The minimum Gasteiger partial charge on any atom is -0.480 e. The van der Waals surface area contributed by atoms with Crippen LogP contribution in [0.25, 0.3) is 0 Å². The van der Waals surface area contributed by atoms with E-state index in [1.807, 2.05) is 13.8 Å². The highest BCUT2D eigenvalue weighted by atomic mass is 19.3. The fourth-order valence-electron chi connectivity index (χ4n) is 1.04. The summed E-state index contributed by atoms with van der Waals surface area (Å²) in [7, 11) is 1.42. The molecule has 0 unspecified atom stereocenters. The summed E-state index contributed by atoms with van der Waals surface area (Å²) in [5, 5.41) is 3.59. The third-order valence-electron chi connectivity index (χ3n) is 1.74. The predicted molar refractivity (Wildman–Crippen MR) is 44.1 cm³/mol. The molecule has 5 heteroatoms. The zero-order valence-corrected chi connectivity index (χ0v) is 7.79. The van der Waals surface area contributed by atoms with E-state index in [9.17, 15) is 8.78 Å². The summed E-state index contributed by atoms with van der Waals surface area (Å²) >= 11 is 0. The summed E-state index contributed by atoms with van der Waals surface area (Å²) in [6.45, 7) is 1.19. The van der Waals surface area contributed by atoms with Gasteiger partial charge in [0.15, 0.2) is 0 Å². The Kier molecular flexibility index (Phi) is 2.85. The fourth-order valence-corrected chi connectivity index (χ4v) is 1.04. The summed E-state index contributed by atoms with van der Waals surface area (Å²) in [6.07, 6.45) is 1.31. The number of hydrogen-bond acceptors (Lipinski definition) is 2. The van der Waals surface area contributed by atoms with Gasteiger partial charge in [0.1, 0.15) is 0 Å². The molecule has 0 aromatic carbocycles. The van der Waals surface area contributed by atoms with Crippen LogP contribution in [0.15, 0.2) is 6.20 Å². The molecule has 0 aliphatic heterocycles. The van der Waals surface area contributed by atoms with Crippen molar-refractivity contribution in [2.45, 2.75) is 26.3 Å². The Hall–Kier alpha value is -1.13. The van der Waals surface area contributed by atoms with Crippen molar-refractivity contribution >= 4 is 0 Å². The molecule has 0 saturated heterocycles. The number of rotatable bonds is 3. The Morgan fingerprint density at radius 3 is 2.38 bits per heavy atom. The van der Waals surface area contributed by atoms with Crippen LogP contribution < -0.4 is 4.74 Å². The summed E-state index contributed by atoms with van der Waals surface area (Å²) in [6, 6.07) is 0. The van der Waals surface area contributed by atoms with E-state index in [4.69, 9.17) is 4.74 Å². The van der Waals surface area contributed by atoms with Crippen molar-refractivity contribution in [2.75, 3.05) is 7.11 Å². The number of aromatic nitrogens is 2. The molecule has 0 aliphatic rings. The first-order valence-electron chi connectivity index (χ1n) is 3.97. The van der Waals surface area contributed by atoms with Crippen molar-refractivity contribution in [3.63, 3.8) is 0 Å². The highest BCUT2D eigenvalue weighted by Crippen LogP contribution is 2.26. The van der Waals surface area contributed by atoms with Gasteiger partial charge in [0.25, 0.3) is 0 Å². The molecule has 1 aromatic heterocycles. The molecule has 0 N–H and O–H groups in total. The summed E-state index contributed by atoms with van der Waals surface area (Å²) in [4.78, 5) is 0. The molecule has 13 heavy (non-hydrogen) atoms. The van der Waals surface area contributed by atoms with Crippen LogP contribution in [0, 0.1) is 0 Å². The number of nitrogens with zero attached hydrogens (tertiary/aromatic N) is 2. The van der Waals surface area contributed by atoms with Gasteiger partial charge in [-0.25, -0.2) is 4.68 Å². The minimum atomic E-state index is -2.61. The van der Waals surface area contributed by atoms with Gasteiger partial charge in [0.2, 0.25) is 5.88 Å². The van der Waals surface area contributed by atoms with E-state index in [0.29, 0.717) is 10.2 Å². The van der Waals surface area contributed by atoms with E-state index in [-0.39, 0.29) is 11.8 Å². The second-order valence-corrected chi connectivity index (χ2v) is 3.01. The number of methoxy groups -OCH3 is 1. The van der Waals surface area contributed by atoms with Crippen molar-refractivity contribution in [1.82, 2.24) is 9.78 Å². The van der Waals surface area contributed by atoms with Crippen molar-refractivity contribution in [2.24, 2.45) is 0 Å². The monoisotopic (exact) mass is 190 g/mol. The first-order chi connectivity index (χ1) is 6.06. The molecular weight excluding hydrogens is 178 g/mol. The normalized spacial score (nSPS) is 11.3. The van der Waals surface area contributed by atoms with Crippen LogP contribution in [0.2, 0.25) is 0 Å². The number of halogens is 2. The topological polar surface area (TPSA) is 27.1 Å². The van der Waals surface area contributed by atoms with Crippen LogP contribution in [-0.2, 0) is 0 Å². The molecule has 0 atom stereocenters. The van der Waals surface area contributed by atoms with Gasteiger partial charge >= 0.3 is 6.55 Å². The van der Waals surface area contributed by atoms with E-state index in [1.54, 1.807) is 0 Å². The molecule has 0 amide bonds. The molecule has 74 valence electrons. The van der Waals surface area contributed by atoms with Crippen molar-refractivity contribution in [3.8, 4) is 5.88 Å². The molecule has 3 nitrogen and oxygen atoms in total. The smallest absolute Gasteiger partial charge is 0.333 e. The lowest BCUT2D eigenvalue weighted by atomic mass is 10.1. The van der Waals surface area contributed by atoms with E-state index in [2.05, 4.69) is 5.10 Å². The van der Waals surface area contributed by atoms with E-state index in [0.717, 1.165) is 0 Å². The molecule has 0 bridgehead atoms. The summed E-state index contributed by atoms with van der Waals surface area (Å²) < 4.78 is 29.9. The largest absolute Gasteiger partial charge is 0.480 e. The van der Waals surface area contributed by atoms with Crippen molar-refractivity contribution < 1.29 is 13.5 Å². The minimum absolute atomic E-state index is 0.127. The Labute approximate surface area is 75.3 Å². The van der Waals surface area contributed by atoms with Gasteiger partial charge in [-0.15, -0.1) is 5.10 Å². The highest BCUT2D eigenvalue weighted by Gasteiger charge is 2.16. The van der Waals surface area contributed by atoms with Gasteiger partial charge in [0.05, 0.1) is 7.11 Å². The molecular formula is C8H12F2N2O. The first-order valence-corrected chi connectivity index (χ1v) is 3.97. The zero-order valence-electron chi connectivity index (χ0n) is 7.79. The Morgan fingerprint density at radius 2 is 2.08 bits per heavy atom. The van der Waals surface area contributed by atoms with Crippen LogP contribution in [0.3, 0.4) is 0 Å². The molecule has 0 saturated carbocycles. The molecule has 0 aliphatic carbocycles. The van der Waals surface area contributed by atoms with Crippen LogP contribution in [-0.4, -0.2) is 16.9 Å². The second-order valence-electron chi connectivity index (χ2n) is 3.01. The van der Waals surface area contributed by atoms with Gasteiger partial charge < -0.3 is 4.74 Å². The molecule has 0 radical (unpaired) electrons. The standard InChI is InChI=1S/C8H12F2N2O/c1-5(2)6-4-12(8(9)10)11-7(6)13-3/h4-5,8H,1-3H3. The highest BCUT2D eigenvalue weighted by molar-refractivity contribution is 5.26. The molecule has 1 heterocycles. The van der Waals surface area contributed by atoms with Gasteiger partial charge in [-0.1, -0.05) is 13.8 Å². The quantitative estimate of drug-likeness (QED) is 0.731. The average Bonchev–Trinajstić information content (AvgIpc) is 2.47. The van der Waals surface area contributed by atoms with Crippen molar-refractivity contribution in [1.29, 1.82) is 0 Å². The molecule has 0 fully saturated rings. The molecule has 0 spiro atoms. The van der Waals surface area contributed by atoms with Crippen molar-refractivity contribution in [3.05, 3.63) is 11.8 Å². The number of alkyl halides is 2. The third kappa shape index (κ3) is 1.96. The number of hydrogen-bond donors (Lipinski definition) is 0. The van der Waals surface area contributed by atoms with Gasteiger partial charge in [-0.2, -0.15) is 8.78 Å². The Morgan fingerprint density at radius 1 is 1.46 bits per heavy atom. The van der Waals surface area contributed by atoms with Gasteiger partial charge in [0, 0.05) is 11.8 Å². The Bertz CT molecular complexity index is 284. The molecule has 1 rings (SSSR count). The maximum atomic E-state index is 12.2. The lowest BCUT2D eigenvalue weighted by Gasteiger charge is -2.01. The van der Waals surface area contributed by atoms with Gasteiger partial charge in [-0.3, -0.25) is 0 Å². The van der Waals surface area contributed by atoms with Crippen LogP contribution >= 0.6 is 0 Å². The van der Waals surface area contributed by atoms with Crippen LogP contribution in [0.4, 0.5) is 8.78 Å².